The Labute approximate surface area is 167 Å². The summed E-state index contributed by atoms with van der Waals surface area (Å²) in [4.78, 5) is 21.1. The van der Waals surface area contributed by atoms with Gasteiger partial charge in [-0.25, -0.2) is 9.97 Å². The van der Waals surface area contributed by atoms with E-state index in [-0.39, 0.29) is 18.6 Å². The summed E-state index contributed by atoms with van der Waals surface area (Å²) in [6, 6.07) is 5.72. The molecule has 3 aromatic rings. The molecule has 0 aliphatic heterocycles. The number of aliphatic hydroxyl groups is 1. The van der Waals surface area contributed by atoms with Gasteiger partial charge in [-0.3, -0.25) is 9.20 Å². The topological polar surface area (TPSA) is 91.5 Å². The molecule has 0 atom stereocenters. The molecule has 1 aliphatic rings. The minimum absolute atomic E-state index is 0.129. The normalized spacial score (nSPS) is 13.6. The fraction of sp³-hybridized carbons (Fsp3) is 0.350. The van der Waals surface area contributed by atoms with Gasteiger partial charge < -0.3 is 15.7 Å². The number of nitrogens with zero attached hydrogens (tertiary/aromatic N) is 3. The Morgan fingerprint density at radius 3 is 2.89 bits per heavy atom. The molecule has 0 saturated heterocycles. The molecule has 1 fully saturated rings. The second-order valence-corrected chi connectivity index (χ2v) is 7.32. The van der Waals surface area contributed by atoms with E-state index in [2.05, 4.69) is 20.6 Å². The fourth-order valence-corrected chi connectivity index (χ4v) is 3.32. The predicted octanol–water partition coefficient (Wildman–Crippen LogP) is 3.13. The third kappa shape index (κ3) is 3.95. The number of aliphatic hydroxyl groups excluding tert-OH is 1. The van der Waals surface area contributed by atoms with Crippen LogP contribution in [0.4, 0.5) is 5.82 Å². The van der Waals surface area contributed by atoms with Crippen molar-refractivity contribution in [1.82, 2.24) is 19.7 Å². The first-order chi connectivity index (χ1) is 13.7. The molecule has 4 rings (SSSR count). The number of unbranched alkanes of at least 4 members (excludes halogenated alkanes) is 1. The van der Waals surface area contributed by atoms with Crippen molar-refractivity contribution in [3.05, 3.63) is 47.4 Å². The minimum atomic E-state index is -0.129. The quantitative estimate of drug-likeness (QED) is 0.506. The molecule has 0 radical (unpaired) electrons. The van der Waals surface area contributed by atoms with Crippen LogP contribution >= 0.6 is 11.6 Å². The number of amides is 1. The van der Waals surface area contributed by atoms with Gasteiger partial charge in [0.25, 0.3) is 5.91 Å². The van der Waals surface area contributed by atoms with Crippen molar-refractivity contribution in [2.24, 2.45) is 0 Å². The molecule has 3 N–H and O–H groups in total. The summed E-state index contributed by atoms with van der Waals surface area (Å²) >= 11 is 6.39. The van der Waals surface area contributed by atoms with Gasteiger partial charge in [0, 0.05) is 37.2 Å². The second-order valence-electron chi connectivity index (χ2n) is 6.91. The summed E-state index contributed by atoms with van der Waals surface area (Å²) in [5, 5.41) is 15.5. The smallest absolute Gasteiger partial charge is 0.253 e. The van der Waals surface area contributed by atoms with E-state index < -0.39 is 0 Å². The molecular formula is C20H22ClN5O2. The van der Waals surface area contributed by atoms with E-state index >= 15 is 0 Å². The lowest BCUT2D eigenvalue weighted by Crippen LogP contribution is -2.25. The van der Waals surface area contributed by atoms with Gasteiger partial charge in [-0.05, 0) is 37.8 Å². The van der Waals surface area contributed by atoms with Crippen molar-refractivity contribution in [1.29, 1.82) is 0 Å². The predicted molar refractivity (Wildman–Crippen MR) is 109 cm³/mol. The molecule has 0 spiro atoms. The first-order valence-corrected chi connectivity index (χ1v) is 9.83. The molecule has 1 aliphatic carbocycles. The monoisotopic (exact) mass is 399 g/mol. The standard InChI is InChI=1S/C20H22ClN5O2/c21-16-11-13(3-6-15(16)20(28)25-14-4-5-14)17-12-24-19-18(22-7-1-2-10-27)23-8-9-26(17)19/h3,6,8-9,11-12,14,27H,1-2,4-5,7,10H2,(H,22,23)(H,25,28). The summed E-state index contributed by atoms with van der Waals surface area (Å²) in [6.45, 7) is 0.897. The number of carbonyl (C=O) groups is 1. The van der Waals surface area contributed by atoms with Gasteiger partial charge in [0.05, 0.1) is 22.5 Å². The van der Waals surface area contributed by atoms with Crippen LogP contribution in [-0.4, -0.2) is 44.6 Å². The Morgan fingerprint density at radius 1 is 1.29 bits per heavy atom. The molecule has 7 nitrogen and oxygen atoms in total. The Balaban J connectivity index is 1.58. The summed E-state index contributed by atoms with van der Waals surface area (Å²) in [7, 11) is 0. The molecule has 2 aromatic heterocycles. The highest BCUT2D eigenvalue weighted by molar-refractivity contribution is 6.34. The number of aromatic nitrogens is 3. The van der Waals surface area contributed by atoms with Crippen molar-refractivity contribution < 1.29 is 9.90 Å². The highest BCUT2D eigenvalue weighted by Gasteiger charge is 2.24. The zero-order valence-electron chi connectivity index (χ0n) is 15.4. The third-order valence-corrected chi connectivity index (χ3v) is 5.04. The summed E-state index contributed by atoms with van der Waals surface area (Å²) in [6.07, 6.45) is 9.00. The lowest BCUT2D eigenvalue weighted by atomic mass is 10.1. The van der Waals surface area contributed by atoms with Crippen molar-refractivity contribution in [3.63, 3.8) is 0 Å². The molecule has 2 heterocycles. The van der Waals surface area contributed by atoms with Crippen molar-refractivity contribution >= 4 is 29.0 Å². The van der Waals surface area contributed by atoms with E-state index in [9.17, 15) is 4.79 Å². The van der Waals surface area contributed by atoms with Crippen LogP contribution in [0.15, 0.2) is 36.8 Å². The molecular weight excluding hydrogens is 378 g/mol. The average molecular weight is 400 g/mol. The molecule has 1 aromatic carbocycles. The maximum Gasteiger partial charge on any atom is 0.253 e. The Kier molecular flexibility index (Phi) is 5.45. The lowest BCUT2D eigenvalue weighted by molar-refractivity contribution is 0.0951. The van der Waals surface area contributed by atoms with Crippen LogP contribution in [0.25, 0.3) is 16.9 Å². The molecule has 28 heavy (non-hydrogen) atoms. The number of halogens is 1. The van der Waals surface area contributed by atoms with Crippen LogP contribution in [0.3, 0.4) is 0 Å². The van der Waals surface area contributed by atoms with Gasteiger partial charge >= 0.3 is 0 Å². The van der Waals surface area contributed by atoms with Gasteiger partial charge in [-0.2, -0.15) is 0 Å². The summed E-state index contributed by atoms with van der Waals surface area (Å²) < 4.78 is 1.94. The summed E-state index contributed by atoms with van der Waals surface area (Å²) in [5.74, 6) is 0.564. The number of fused-ring (bicyclic) bond motifs is 1. The van der Waals surface area contributed by atoms with Crippen LogP contribution in [0, 0.1) is 0 Å². The number of imidazole rings is 1. The van der Waals surface area contributed by atoms with E-state index in [0.29, 0.717) is 28.6 Å². The van der Waals surface area contributed by atoms with E-state index in [1.807, 2.05) is 16.7 Å². The van der Waals surface area contributed by atoms with Crippen LogP contribution in [-0.2, 0) is 0 Å². The van der Waals surface area contributed by atoms with E-state index in [1.54, 1.807) is 24.5 Å². The SMILES string of the molecule is O=C(NC1CC1)c1ccc(-c2cnc3c(NCCCCO)nccn23)cc1Cl. The molecule has 1 saturated carbocycles. The third-order valence-electron chi connectivity index (χ3n) is 4.73. The first-order valence-electron chi connectivity index (χ1n) is 9.45. The van der Waals surface area contributed by atoms with E-state index in [1.165, 1.54) is 0 Å². The fourth-order valence-electron chi connectivity index (χ4n) is 3.05. The Hall–Kier alpha value is -2.64. The zero-order valence-corrected chi connectivity index (χ0v) is 16.1. The largest absolute Gasteiger partial charge is 0.396 e. The Bertz CT molecular complexity index is 999. The molecule has 1 amide bonds. The van der Waals surface area contributed by atoms with E-state index in [4.69, 9.17) is 16.7 Å². The Morgan fingerprint density at radius 2 is 2.14 bits per heavy atom. The highest BCUT2D eigenvalue weighted by Crippen LogP contribution is 2.28. The number of hydrogen-bond donors (Lipinski definition) is 3. The average Bonchev–Trinajstić information content (AvgIpc) is 3.39. The van der Waals surface area contributed by atoms with Crippen molar-refractivity contribution in [2.45, 2.75) is 31.7 Å². The van der Waals surface area contributed by atoms with Crippen molar-refractivity contribution in [2.75, 3.05) is 18.5 Å². The van der Waals surface area contributed by atoms with Gasteiger partial charge in [-0.15, -0.1) is 0 Å². The number of anilines is 1. The van der Waals surface area contributed by atoms with E-state index in [0.717, 1.165) is 36.9 Å². The van der Waals surface area contributed by atoms with Crippen LogP contribution in [0.5, 0.6) is 0 Å². The summed E-state index contributed by atoms with van der Waals surface area (Å²) in [5.41, 5.74) is 2.94. The number of benzene rings is 1. The first kappa shape index (κ1) is 18.7. The highest BCUT2D eigenvalue weighted by atomic mass is 35.5. The van der Waals surface area contributed by atoms with Crippen LogP contribution in [0.2, 0.25) is 5.02 Å². The molecule has 8 heteroatoms. The van der Waals surface area contributed by atoms with Gasteiger partial charge in [0.1, 0.15) is 0 Å². The van der Waals surface area contributed by atoms with Gasteiger partial charge in [-0.1, -0.05) is 17.7 Å². The van der Waals surface area contributed by atoms with Crippen molar-refractivity contribution in [3.8, 4) is 11.3 Å². The zero-order chi connectivity index (χ0) is 19.5. The van der Waals surface area contributed by atoms with Gasteiger partial charge in [0.2, 0.25) is 0 Å². The number of rotatable bonds is 8. The minimum Gasteiger partial charge on any atom is -0.396 e. The van der Waals surface area contributed by atoms with Crippen LogP contribution in [0.1, 0.15) is 36.0 Å². The maximum absolute atomic E-state index is 12.3. The molecule has 0 bridgehead atoms. The number of hydrogen-bond acceptors (Lipinski definition) is 5. The number of carbonyl (C=O) groups excluding carboxylic acids is 1. The lowest BCUT2D eigenvalue weighted by Gasteiger charge is -2.09. The second kappa shape index (κ2) is 8.16. The van der Waals surface area contributed by atoms with Crippen LogP contribution < -0.4 is 10.6 Å². The molecule has 146 valence electrons. The molecule has 0 unspecified atom stereocenters. The maximum atomic E-state index is 12.3. The number of nitrogens with one attached hydrogen (secondary N) is 2. The van der Waals surface area contributed by atoms with Gasteiger partial charge in [0.15, 0.2) is 11.5 Å².